The van der Waals surface area contributed by atoms with Gasteiger partial charge < -0.3 is 74.3 Å². The minimum atomic E-state index is 0.574. The quantitative estimate of drug-likeness (QED) is 0.0259. The summed E-state index contributed by atoms with van der Waals surface area (Å²) >= 11 is 0. The van der Waals surface area contributed by atoms with Crippen LogP contribution in [-0.4, -0.2) is 173 Å². The van der Waals surface area contributed by atoms with Crippen LogP contribution in [0.15, 0.2) is 0 Å². The summed E-state index contributed by atoms with van der Waals surface area (Å²) in [7, 11) is 1.71. The molecule has 0 heterocycles. The van der Waals surface area contributed by atoms with E-state index in [1.54, 1.807) is 7.11 Å². The molecule has 0 bridgehead atoms. The normalized spacial score (nSPS) is 10.8. The van der Waals surface area contributed by atoms with Gasteiger partial charge in [0.2, 0.25) is 0 Å². The maximum atomic E-state index is 5.35. The zero-order valence-corrected chi connectivity index (χ0v) is 60.1. The maximum Gasteiger partial charge on any atom is 0.0587 e. The summed E-state index contributed by atoms with van der Waals surface area (Å²) < 4.78 is 4.83. The van der Waals surface area contributed by atoms with Gasteiger partial charge in [0.05, 0.1) is 6.61 Å². The molecule has 0 amide bonds. The Morgan fingerprint density at radius 3 is 0.716 bits per heavy atom. The van der Waals surface area contributed by atoms with Crippen molar-refractivity contribution in [3.63, 3.8) is 0 Å². The molecule has 0 spiro atoms. The van der Waals surface area contributed by atoms with Gasteiger partial charge in [-0.1, -0.05) is 191 Å². The topological polar surface area (TPSA) is 180 Å². The molecule has 0 unspecified atom stereocenters. The minimum Gasteiger partial charge on any atom is -0.383 e. The minimum absolute atomic E-state index is 0.574. The van der Waals surface area contributed by atoms with Gasteiger partial charge in [0, 0.05) is 62.0 Å². The summed E-state index contributed by atoms with van der Waals surface area (Å²) in [4.78, 5) is 0. The van der Waals surface area contributed by atoms with Gasteiger partial charge in [0.25, 0.3) is 0 Å². The van der Waals surface area contributed by atoms with Crippen LogP contribution in [0.2, 0.25) is 0 Å². The predicted octanol–water partition coefficient (Wildman–Crippen LogP) is 12.0. The number of methoxy groups -OCH3 is 1. The second-order valence-electron chi connectivity index (χ2n) is 23.9. The summed E-state index contributed by atoms with van der Waals surface area (Å²) in [6, 6.07) is 5.02. The van der Waals surface area contributed by atoms with Crippen molar-refractivity contribution in [1.82, 2.24) is 63.8 Å². The molecule has 0 aliphatic carbocycles. The van der Waals surface area contributed by atoms with Crippen molar-refractivity contribution in [2.75, 3.05) is 125 Å². The van der Waals surface area contributed by atoms with Gasteiger partial charge in [-0.05, 0) is 182 Å². The van der Waals surface area contributed by atoms with Crippen molar-refractivity contribution < 1.29 is 4.74 Å². The Hall–Kier alpha value is -0.560. The summed E-state index contributed by atoms with van der Waals surface area (Å²) in [6.07, 6.45) is 22.9. The van der Waals surface area contributed by atoms with E-state index in [1.807, 2.05) is 0 Å². The molecule has 14 N–H and O–H groups in total. The lowest BCUT2D eigenvalue weighted by atomic mass is 10.2. The Kier molecular flexibility index (Phi) is 111. The van der Waals surface area contributed by atoms with Crippen molar-refractivity contribution in [2.24, 2.45) is 5.73 Å². The van der Waals surface area contributed by atoms with Crippen LogP contribution >= 0.6 is 0 Å². The molecule has 0 aromatic heterocycles. The number of hydrogen-bond donors (Lipinski definition) is 13. The first-order chi connectivity index (χ1) is 38.7. The van der Waals surface area contributed by atoms with Crippen LogP contribution in [0.5, 0.6) is 0 Å². The van der Waals surface area contributed by atoms with Crippen molar-refractivity contribution in [3.8, 4) is 0 Å². The fourth-order valence-corrected chi connectivity index (χ4v) is 6.53. The zero-order chi connectivity index (χ0) is 63.3. The van der Waals surface area contributed by atoms with Crippen molar-refractivity contribution >= 4 is 0 Å². The molecular formula is C67H163N13O. The Balaban J connectivity index is -0.000000127. The highest BCUT2D eigenvalue weighted by atomic mass is 16.5. The monoisotopic (exact) mass is 1170 g/mol. The number of unbranched alkanes of at least 4 members (excludes halogenated alkanes) is 7. The van der Waals surface area contributed by atoms with E-state index in [2.05, 4.69) is 216 Å². The molecule has 81 heavy (non-hydrogen) atoms. The largest absolute Gasteiger partial charge is 0.383 e. The van der Waals surface area contributed by atoms with Crippen molar-refractivity contribution in [3.05, 3.63) is 0 Å². The van der Waals surface area contributed by atoms with Crippen molar-refractivity contribution in [1.29, 1.82) is 0 Å². The van der Waals surface area contributed by atoms with E-state index >= 15 is 0 Å². The second-order valence-corrected chi connectivity index (χ2v) is 23.9. The first-order valence-electron chi connectivity index (χ1n) is 34.6. The van der Waals surface area contributed by atoms with Crippen LogP contribution in [0.4, 0.5) is 0 Å². The Morgan fingerprint density at radius 2 is 0.469 bits per heavy atom. The molecule has 0 aromatic rings. The lowest BCUT2D eigenvalue weighted by Crippen LogP contribution is -2.28. The van der Waals surface area contributed by atoms with Gasteiger partial charge in [-0.2, -0.15) is 0 Å². The average Bonchev–Trinajstić information content (AvgIpc) is 3.40. The van der Waals surface area contributed by atoms with Crippen LogP contribution in [-0.2, 0) is 4.74 Å². The van der Waals surface area contributed by atoms with E-state index in [0.29, 0.717) is 48.3 Å². The van der Waals surface area contributed by atoms with Gasteiger partial charge in [0.1, 0.15) is 0 Å². The van der Waals surface area contributed by atoms with E-state index in [9.17, 15) is 0 Å². The summed E-state index contributed by atoms with van der Waals surface area (Å²) in [5, 5.41) is 40.5. The molecular weight excluding hydrogens is 1000 g/mol. The van der Waals surface area contributed by atoms with Crippen LogP contribution in [0.1, 0.15) is 268 Å². The van der Waals surface area contributed by atoms with E-state index < -0.39 is 0 Å². The van der Waals surface area contributed by atoms with Gasteiger partial charge in [-0.25, -0.2) is 0 Å². The highest BCUT2D eigenvalue weighted by Gasteiger charge is 1.96. The third-order valence-electron chi connectivity index (χ3n) is 11.3. The first-order valence-corrected chi connectivity index (χ1v) is 34.6. The van der Waals surface area contributed by atoms with Crippen molar-refractivity contribution in [2.45, 2.75) is 316 Å². The molecule has 14 nitrogen and oxygen atoms in total. The first kappa shape index (κ1) is 96.7. The van der Waals surface area contributed by atoms with Gasteiger partial charge >= 0.3 is 0 Å². The van der Waals surface area contributed by atoms with E-state index in [0.717, 1.165) is 98.2 Å². The number of nitrogens with one attached hydrogen (secondary N) is 12. The molecule has 0 atom stereocenters. The Labute approximate surface area is 513 Å². The van der Waals surface area contributed by atoms with E-state index in [4.69, 9.17) is 10.5 Å². The van der Waals surface area contributed by atoms with Crippen LogP contribution < -0.4 is 69.5 Å². The lowest BCUT2D eigenvalue weighted by molar-refractivity contribution is 0.197. The Morgan fingerprint density at radius 1 is 0.235 bits per heavy atom. The fraction of sp³-hybridized carbons (Fsp3) is 1.00. The fourth-order valence-electron chi connectivity index (χ4n) is 6.53. The van der Waals surface area contributed by atoms with E-state index in [1.165, 1.54) is 135 Å². The maximum absolute atomic E-state index is 5.35. The summed E-state index contributed by atoms with van der Waals surface area (Å²) in [5.41, 5.74) is 5.35. The molecule has 0 aliphatic heterocycles. The highest BCUT2D eigenvalue weighted by Crippen LogP contribution is 1.97. The average molecular weight is 1170 g/mol. The predicted molar refractivity (Wildman–Crippen MR) is 375 cm³/mol. The summed E-state index contributed by atoms with van der Waals surface area (Å²) in [6.45, 7) is 67.8. The van der Waals surface area contributed by atoms with Gasteiger partial charge in [-0.15, -0.1) is 0 Å². The molecule has 502 valence electrons. The van der Waals surface area contributed by atoms with Crippen LogP contribution in [0, 0.1) is 0 Å². The molecule has 0 saturated heterocycles. The Bertz CT molecular complexity index is 917. The molecule has 0 saturated carbocycles. The number of ether oxygens (including phenoxy) is 1. The highest BCUT2D eigenvalue weighted by molar-refractivity contribution is 4.59. The smallest absolute Gasteiger partial charge is 0.0587 e. The van der Waals surface area contributed by atoms with Gasteiger partial charge in [0.15, 0.2) is 0 Å². The number of nitrogens with two attached hydrogens (primary N) is 1. The SMILES string of the molecule is CC(C)NCCCCCN.CCCCCCNC(C)C.CCCCNCCCNC(C)C.CCCCNCCCNCCCNC(C)C.CCCNC(C)C.CCCNC(C)C.CCCNCCCNC(C)C.COCCNC(C)C. The molecule has 0 aliphatic rings. The third-order valence-corrected chi connectivity index (χ3v) is 11.3. The molecule has 0 aromatic carbocycles. The third kappa shape index (κ3) is 150. The van der Waals surface area contributed by atoms with Gasteiger partial charge in [-0.3, -0.25) is 0 Å². The van der Waals surface area contributed by atoms with Crippen LogP contribution in [0.25, 0.3) is 0 Å². The van der Waals surface area contributed by atoms with E-state index in [-0.39, 0.29) is 0 Å². The second kappa shape index (κ2) is 93.1. The van der Waals surface area contributed by atoms with Crippen LogP contribution in [0.3, 0.4) is 0 Å². The molecule has 0 fully saturated rings. The lowest BCUT2D eigenvalue weighted by Gasteiger charge is -2.08. The molecule has 14 heteroatoms. The number of rotatable bonds is 49. The molecule has 0 radical (unpaired) electrons. The standard InChI is InChI=1S/C13H31N3.C10H24N2.C9H22N2.C9H21N.C8H20N2.C6H15NO.2C6H15N/c1-4-5-8-14-9-6-10-15-11-7-12-16-13(2)3;1-4-5-7-11-8-6-9-12-10(2)3;1-4-6-10-7-5-8-11-9(2)3;1-4-5-6-7-8-10-9(2)3;1-8(2)10-7-5-3-4-6-9;1-6(2)7-4-5-8-3;2*1-4-5-7-6(2)3/h13-16H,4-12H2,1-3H3;10-12H,4-9H2,1-3H3;9-11H,4-8H2,1-3H3;9-10H,4-8H2,1-3H3;8,10H,3-7,9H2,1-2H3;6-7H,4-5H2,1-3H3;2*6-7H,4-5H2,1-3H3. The summed E-state index contributed by atoms with van der Waals surface area (Å²) in [5.74, 6) is 0. The molecule has 0 rings (SSSR count). The number of hydrogen-bond acceptors (Lipinski definition) is 14. The zero-order valence-electron chi connectivity index (χ0n) is 60.1.